The number of terminal acetylenes is 1. The van der Waals surface area contributed by atoms with Crippen LogP contribution in [0.15, 0.2) is 18.3 Å². The summed E-state index contributed by atoms with van der Waals surface area (Å²) in [6.45, 7) is 2.24. The summed E-state index contributed by atoms with van der Waals surface area (Å²) in [5.74, 6) is 2.36. The molecule has 1 unspecified atom stereocenters. The lowest BCUT2D eigenvalue weighted by atomic mass is 10.1. The summed E-state index contributed by atoms with van der Waals surface area (Å²) < 4.78 is 2.09. The fourth-order valence-corrected chi connectivity index (χ4v) is 1.60. The van der Waals surface area contributed by atoms with E-state index in [1.54, 1.807) is 0 Å². The third-order valence-corrected chi connectivity index (χ3v) is 2.61. The van der Waals surface area contributed by atoms with Gasteiger partial charge in [0.15, 0.2) is 0 Å². The second-order valence-electron chi connectivity index (χ2n) is 4.08. The van der Waals surface area contributed by atoms with Crippen molar-refractivity contribution in [2.24, 2.45) is 7.05 Å². The van der Waals surface area contributed by atoms with Crippen molar-refractivity contribution in [1.82, 2.24) is 15.2 Å². The first-order valence-corrected chi connectivity index (χ1v) is 5.71. The van der Waals surface area contributed by atoms with Crippen LogP contribution >= 0.6 is 0 Å². The van der Waals surface area contributed by atoms with Crippen molar-refractivity contribution >= 4 is 6.03 Å². The fourth-order valence-electron chi connectivity index (χ4n) is 1.60. The van der Waals surface area contributed by atoms with Gasteiger partial charge < -0.3 is 15.2 Å². The number of carbonyl (C=O) groups excluding carboxylic acids is 1. The molecule has 0 bridgehead atoms. The molecule has 4 nitrogen and oxygen atoms in total. The highest BCUT2D eigenvalue weighted by molar-refractivity contribution is 5.74. The van der Waals surface area contributed by atoms with Gasteiger partial charge in [0.25, 0.3) is 0 Å². The quantitative estimate of drug-likeness (QED) is 0.739. The number of hydrogen-bond donors (Lipinski definition) is 2. The number of amides is 2. The number of rotatable bonds is 5. The van der Waals surface area contributed by atoms with Gasteiger partial charge in [-0.3, -0.25) is 0 Å². The Bertz CT molecular complexity index is 403. The van der Waals surface area contributed by atoms with E-state index in [0.717, 1.165) is 12.8 Å². The molecule has 4 heteroatoms. The SMILES string of the molecule is C#CCNC(=O)NC(C)CCc1cccn1C. The number of carbonyl (C=O) groups is 1. The van der Waals surface area contributed by atoms with Gasteiger partial charge in [-0.1, -0.05) is 5.92 Å². The maximum absolute atomic E-state index is 11.3. The topological polar surface area (TPSA) is 46.1 Å². The van der Waals surface area contributed by atoms with Crippen LogP contribution in [0.5, 0.6) is 0 Å². The van der Waals surface area contributed by atoms with Crippen LogP contribution < -0.4 is 10.6 Å². The van der Waals surface area contributed by atoms with Gasteiger partial charge >= 0.3 is 6.03 Å². The largest absolute Gasteiger partial charge is 0.354 e. The molecule has 0 aliphatic rings. The Labute approximate surface area is 102 Å². The van der Waals surface area contributed by atoms with Gasteiger partial charge in [-0.2, -0.15) is 0 Å². The molecule has 92 valence electrons. The Kier molecular flexibility index (Phi) is 5.15. The highest BCUT2D eigenvalue weighted by Gasteiger charge is 2.07. The van der Waals surface area contributed by atoms with Crippen LogP contribution in [-0.4, -0.2) is 23.2 Å². The van der Waals surface area contributed by atoms with Crippen molar-refractivity contribution in [3.05, 3.63) is 24.0 Å². The maximum atomic E-state index is 11.3. The van der Waals surface area contributed by atoms with E-state index in [9.17, 15) is 4.79 Å². The zero-order chi connectivity index (χ0) is 12.7. The van der Waals surface area contributed by atoms with Gasteiger partial charge in [0.05, 0.1) is 6.54 Å². The monoisotopic (exact) mass is 233 g/mol. The van der Waals surface area contributed by atoms with Gasteiger partial charge in [0.1, 0.15) is 0 Å². The maximum Gasteiger partial charge on any atom is 0.315 e. The summed E-state index contributed by atoms with van der Waals surface area (Å²) in [5, 5.41) is 5.42. The second kappa shape index (κ2) is 6.64. The molecular weight excluding hydrogens is 214 g/mol. The minimum absolute atomic E-state index is 0.127. The molecule has 0 aliphatic carbocycles. The lowest BCUT2D eigenvalue weighted by Crippen LogP contribution is -2.41. The molecule has 17 heavy (non-hydrogen) atoms. The van der Waals surface area contributed by atoms with Gasteiger partial charge in [-0.15, -0.1) is 6.42 Å². The van der Waals surface area contributed by atoms with E-state index in [1.165, 1.54) is 5.69 Å². The molecule has 0 radical (unpaired) electrons. The Morgan fingerprint density at radius 2 is 2.41 bits per heavy atom. The van der Waals surface area contributed by atoms with Crippen molar-refractivity contribution in [2.75, 3.05) is 6.54 Å². The predicted octanol–water partition coefficient (Wildman–Crippen LogP) is 1.28. The molecule has 2 amide bonds. The second-order valence-corrected chi connectivity index (χ2v) is 4.08. The number of nitrogens with one attached hydrogen (secondary N) is 2. The molecule has 2 N–H and O–H groups in total. The lowest BCUT2D eigenvalue weighted by molar-refractivity contribution is 0.238. The molecule has 1 atom stereocenters. The summed E-state index contributed by atoms with van der Waals surface area (Å²) >= 11 is 0. The van der Waals surface area contributed by atoms with Crippen molar-refractivity contribution in [2.45, 2.75) is 25.8 Å². The van der Waals surface area contributed by atoms with Crippen LogP contribution in [0.3, 0.4) is 0 Å². The molecule has 0 saturated heterocycles. The van der Waals surface area contributed by atoms with E-state index in [1.807, 2.05) is 26.2 Å². The Balaban J connectivity index is 2.26. The van der Waals surface area contributed by atoms with Crippen LogP contribution in [0.1, 0.15) is 19.0 Å². The summed E-state index contributed by atoms with van der Waals surface area (Å²) in [5.41, 5.74) is 1.27. The van der Waals surface area contributed by atoms with Crippen LogP contribution in [-0.2, 0) is 13.5 Å². The van der Waals surface area contributed by atoms with Crippen molar-refractivity contribution in [3.63, 3.8) is 0 Å². The minimum atomic E-state index is -0.206. The van der Waals surface area contributed by atoms with Gasteiger partial charge in [0, 0.05) is 25.0 Å². The summed E-state index contributed by atoms with van der Waals surface area (Å²) in [7, 11) is 2.02. The number of aromatic nitrogens is 1. The Morgan fingerprint density at radius 1 is 1.65 bits per heavy atom. The summed E-state index contributed by atoms with van der Waals surface area (Å²) in [4.78, 5) is 11.3. The molecule has 1 heterocycles. The van der Waals surface area contributed by atoms with Gasteiger partial charge in [0.2, 0.25) is 0 Å². The van der Waals surface area contributed by atoms with E-state index in [2.05, 4.69) is 27.2 Å². The molecule has 0 spiro atoms. The van der Waals surface area contributed by atoms with E-state index in [4.69, 9.17) is 6.42 Å². The molecule has 0 saturated carbocycles. The molecule has 0 fully saturated rings. The fraction of sp³-hybridized carbons (Fsp3) is 0.462. The summed E-state index contributed by atoms with van der Waals surface area (Å²) in [6.07, 6.45) is 8.92. The zero-order valence-corrected chi connectivity index (χ0v) is 10.4. The number of urea groups is 1. The first-order chi connectivity index (χ1) is 8.13. The standard InChI is InChI=1S/C13H19N3O/c1-4-9-14-13(17)15-11(2)7-8-12-6-5-10-16(12)3/h1,5-6,10-11H,7-9H2,2-3H3,(H2,14,15,17). The molecular formula is C13H19N3O. The van der Waals surface area contributed by atoms with E-state index in [-0.39, 0.29) is 18.6 Å². The third kappa shape index (κ3) is 4.64. The minimum Gasteiger partial charge on any atom is -0.354 e. The molecule has 1 rings (SSSR count). The third-order valence-electron chi connectivity index (χ3n) is 2.61. The highest BCUT2D eigenvalue weighted by Crippen LogP contribution is 2.05. The van der Waals surface area contributed by atoms with E-state index in [0.29, 0.717) is 0 Å². The molecule has 1 aromatic heterocycles. The average molecular weight is 233 g/mol. The first-order valence-electron chi connectivity index (χ1n) is 5.71. The predicted molar refractivity (Wildman–Crippen MR) is 68.6 cm³/mol. The first kappa shape index (κ1) is 13.2. The Hall–Kier alpha value is -1.89. The number of hydrogen-bond acceptors (Lipinski definition) is 1. The van der Waals surface area contributed by atoms with Crippen LogP contribution in [0, 0.1) is 12.3 Å². The molecule has 1 aromatic rings. The number of nitrogens with zero attached hydrogens (tertiary/aromatic N) is 1. The van der Waals surface area contributed by atoms with Crippen molar-refractivity contribution in [1.29, 1.82) is 0 Å². The Morgan fingerprint density at radius 3 is 3.00 bits per heavy atom. The lowest BCUT2D eigenvalue weighted by Gasteiger charge is -2.14. The van der Waals surface area contributed by atoms with Gasteiger partial charge in [-0.05, 0) is 31.9 Å². The van der Waals surface area contributed by atoms with Crippen LogP contribution in [0.2, 0.25) is 0 Å². The highest BCUT2D eigenvalue weighted by atomic mass is 16.2. The van der Waals surface area contributed by atoms with E-state index < -0.39 is 0 Å². The normalized spacial score (nSPS) is 11.6. The van der Waals surface area contributed by atoms with Crippen molar-refractivity contribution < 1.29 is 4.79 Å². The molecule has 0 aromatic carbocycles. The summed E-state index contributed by atoms with van der Waals surface area (Å²) in [6, 6.07) is 4.03. The smallest absolute Gasteiger partial charge is 0.315 e. The van der Waals surface area contributed by atoms with E-state index >= 15 is 0 Å². The average Bonchev–Trinajstić information content (AvgIpc) is 2.69. The van der Waals surface area contributed by atoms with Crippen LogP contribution in [0.4, 0.5) is 4.79 Å². The van der Waals surface area contributed by atoms with Crippen LogP contribution in [0.25, 0.3) is 0 Å². The number of aryl methyl sites for hydroxylation is 2. The van der Waals surface area contributed by atoms with Gasteiger partial charge in [-0.25, -0.2) is 4.79 Å². The van der Waals surface area contributed by atoms with Crippen molar-refractivity contribution in [3.8, 4) is 12.3 Å². The molecule has 0 aliphatic heterocycles. The zero-order valence-electron chi connectivity index (χ0n) is 10.4.